The van der Waals surface area contributed by atoms with Crippen molar-refractivity contribution in [3.05, 3.63) is 39.2 Å². The Bertz CT molecular complexity index is 1010. The third-order valence-corrected chi connectivity index (χ3v) is 7.09. The number of rotatable bonds is 5. The molecule has 6 nitrogen and oxygen atoms in total. The van der Waals surface area contributed by atoms with Crippen LogP contribution >= 0.6 is 46.8 Å². The van der Waals surface area contributed by atoms with Gasteiger partial charge in [-0.05, 0) is 56.6 Å². The number of hydrazone groups is 1. The molecule has 0 aliphatic carbocycles. The van der Waals surface area contributed by atoms with E-state index < -0.39 is 0 Å². The van der Waals surface area contributed by atoms with Crippen molar-refractivity contribution in [2.75, 3.05) is 19.7 Å². The van der Waals surface area contributed by atoms with E-state index in [2.05, 4.69) is 10.5 Å². The van der Waals surface area contributed by atoms with Crippen molar-refractivity contribution >= 4 is 63.5 Å². The highest BCUT2D eigenvalue weighted by Crippen LogP contribution is 2.40. The molecule has 1 saturated heterocycles. The molecule has 1 aromatic carbocycles. The van der Waals surface area contributed by atoms with Gasteiger partial charge in [0, 0.05) is 18.5 Å². The first-order valence-electron chi connectivity index (χ1n) is 9.83. The Kier molecular flexibility index (Phi) is 8.16. The van der Waals surface area contributed by atoms with Crippen LogP contribution in [-0.2, 0) is 9.53 Å². The van der Waals surface area contributed by atoms with E-state index in [-0.39, 0.29) is 17.6 Å². The number of esters is 1. The van der Waals surface area contributed by atoms with Crippen LogP contribution in [0, 0.1) is 5.92 Å². The first kappa shape index (κ1) is 23.8. The van der Waals surface area contributed by atoms with Gasteiger partial charge in [0.25, 0.3) is 0 Å². The normalized spacial score (nSPS) is 16.8. The van der Waals surface area contributed by atoms with Gasteiger partial charge in [0.15, 0.2) is 5.11 Å². The molecule has 0 saturated carbocycles. The van der Waals surface area contributed by atoms with Crippen molar-refractivity contribution < 1.29 is 14.6 Å². The Labute approximate surface area is 200 Å². The number of halogens is 2. The molecule has 166 valence electrons. The number of hydrogen-bond acceptors (Lipinski definition) is 6. The Morgan fingerprint density at radius 3 is 2.90 bits per heavy atom. The highest BCUT2D eigenvalue weighted by Gasteiger charge is 2.28. The van der Waals surface area contributed by atoms with Gasteiger partial charge in [-0.1, -0.05) is 29.3 Å². The second-order valence-corrected chi connectivity index (χ2v) is 9.19. The van der Waals surface area contributed by atoms with Crippen LogP contribution in [0.3, 0.4) is 0 Å². The summed E-state index contributed by atoms with van der Waals surface area (Å²) >= 11 is 18.9. The quantitative estimate of drug-likeness (QED) is 0.251. The van der Waals surface area contributed by atoms with Gasteiger partial charge in [-0.15, -0.1) is 11.3 Å². The van der Waals surface area contributed by atoms with Gasteiger partial charge in [0.1, 0.15) is 5.75 Å². The van der Waals surface area contributed by atoms with E-state index >= 15 is 0 Å². The van der Waals surface area contributed by atoms with E-state index in [1.54, 1.807) is 32.0 Å². The number of carbonyl (C=O) groups is 1. The van der Waals surface area contributed by atoms with E-state index in [1.165, 1.54) is 11.3 Å². The van der Waals surface area contributed by atoms with Gasteiger partial charge < -0.3 is 14.7 Å². The zero-order valence-corrected chi connectivity index (χ0v) is 20.3. The standard InChI is InChI=1S/C21H23Cl2N3O3S2/c1-3-29-20(28)14-5-4-8-26(10-14)21(30)25-24-12(2)15-11-31-19(18(15)27)13-6-7-16(22)17(23)9-13/h6-7,9,11,14,27H,3-5,8,10H2,1-2H3,(H,25,30)/b24-12-. The summed E-state index contributed by atoms with van der Waals surface area (Å²) in [5, 5.41) is 18.2. The van der Waals surface area contributed by atoms with E-state index in [0.29, 0.717) is 44.5 Å². The van der Waals surface area contributed by atoms with E-state index in [9.17, 15) is 9.90 Å². The summed E-state index contributed by atoms with van der Waals surface area (Å²) in [7, 11) is 0. The molecule has 0 spiro atoms. The number of benzene rings is 1. The number of ether oxygens (including phenoxy) is 1. The second-order valence-electron chi connectivity index (χ2n) is 7.11. The summed E-state index contributed by atoms with van der Waals surface area (Å²) in [4.78, 5) is 14.6. The Hall–Kier alpha value is -1.87. The van der Waals surface area contributed by atoms with E-state index in [0.717, 1.165) is 24.9 Å². The molecule has 1 aliphatic heterocycles. The Morgan fingerprint density at radius 2 is 2.19 bits per heavy atom. The molecule has 31 heavy (non-hydrogen) atoms. The molecule has 1 fully saturated rings. The summed E-state index contributed by atoms with van der Waals surface area (Å²) in [5.41, 5.74) is 4.84. The van der Waals surface area contributed by atoms with E-state index in [4.69, 9.17) is 40.2 Å². The van der Waals surface area contributed by atoms with Crippen molar-refractivity contribution in [2.24, 2.45) is 11.0 Å². The minimum Gasteiger partial charge on any atom is -0.506 e. The van der Waals surface area contributed by atoms with Gasteiger partial charge in [0.2, 0.25) is 0 Å². The lowest BCUT2D eigenvalue weighted by molar-refractivity contribution is -0.149. The average Bonchev–Trinajstić information content (AvgIpc) is 3.15. The fourth-order valence-corrected chi connectivity index (χ4v) is 4.84. The number of piperidine rings is 1. The number of nitrogens with one attached hydrogen (secondary N) is 1. The van der Waals surface area contributed by atoms with Crippen LogP contribution in [-0.4, -0.2) is 46.5 Å². The number of thiocarbonyl (C=S) groups is 1. The van der Waals surface area contributed by atoms with Gasteiger partial charge in [-0.2, -0.15) is 5.10 Å². The van der Waals surface area contributed by atoms with E-state index in [1.807, 2.05) is 10.3 Å². The van der Waals surface area contributed by atoms with Crippen LogP contribution in [0.2, 0.25) is 10.0 Å². The molecule has 0 bridgehead atoms. The van der Waals surface area contributed by atoms with Crippen molar-refractivity contribution in [2.45, 2.75) is 26.7 Å². The van der Waals surface area contributed by atoms with Crippen LogP contribution in [0.4, 0.5) is 0 Å². The maximum Gasteiger partial charge on any atom is 0.310 e. The zero-order chi connectivity index (χ0) is 22.5. The zero-order valence-electron chi connectivity index (χ0n) is 17.2. The topological polar surface area (TPSA) is 74.2 Å². The molecular weight excluding hydrogens is 477 g/mol. The average molecular weight is 500 g/mol. The lowest BCUT2D eigenvalue weighted by Crippen LogP contribution is -2.46. The number of hydrogen-bond donors (Lipinski definition) is 2. The largest absolute Gasteiger partial charge is 0.506 e. The summed E-state index contributed by atoms with van der Waals surface area (Å²) in [6, 6.07) is 5.22. The number of thiophene rings is 1. The summed E-state index contributed by atoms with van der Waals surface area (Å²) in [5.74, 6) is -0.251. The predicted octanol–water partition coefficient (Wildman–Crippen LogP) is 5.30. The first-order chi connectivity index (χ1) is 14.8. The molecule has 0 amide bonds. The van der Waals surface area contributed by atoms with Gasteiger partial charge in [-0.3, -0.25) is 10.2 Å². The molecule has 2 N–H and O–H groups in total. The van der Waals surface area contributed by atoms with Gasteiger partial charge in [0.05, 0.1) is 38.7 Å². The maximum absolute atomic E-state index is 12.0. The number of nitrogens with zero attached hydrogens (tertiary/aromatic N) is 2. The molecule has 1 unspecified atom stereocenters. The minimum atomic E-state index is -0.187. The first-order valence-corrected chi connectivity index (χ1v) is 11.9. The SMILES string of the molecule is CCOC(=O)C1CCCN(C(=S)N/N=C(/C)c2csc(-c3ccc(Cl)c(Cl)c3)c2O)C1. The van der Waals surface area contributed by atoms with Crippen LogP contribution in [0.25, 0.3) is 10.4 Å². The van der Waals surface area contributed by atoms with Crippen LogP contribution in [0.5, 0.6) is 5.75 Å². The molecule has 2 heterocycles. The second kappa shape index (κ2) is 10.6. The monoisotopic (exact) mass is 499 g/mol. The molecule has 10 heteroatoms. The highest BCUT2D eigenvalue weighted by molar-refractivity contribution is 7.80. The summed E-state index contributed by atoms with van der Waals surface area (Å²) < 4.78 is 5.13. The number of carbonyl (C=O) groups excluding carboxylic acids is 1. The molecule has 0 radical (unpaired) electrons. The smallest absolute Gasteiger partial charge is 0.310 e. The molecule has 1 atom stereocenters. The van der Waals surface area contributed by atoms with Crippen molar-refractivity contribution in [1.29, 1.82) is 0 Å². The summed E-state index contributed by atoms with van der Waals surface area (Å²) in [6.07, 6.45) is 1.65. The summed E-state index contributed by atoms with van der Waals surface area (Å²) in [6.45, 7) is 5.21. The van der Waals surface area contributed by atoms with Crippen LogP contribution in [0.1, 0.15) is 32.3 Å². The third kappa shape index (κ3) is 5.68. The highest BCUT2D eigenvalue weighted by atomic mass is 35.5. The van der Waals surface area contributed by atoms with Crippen molar-refractivity contribution in [3.63, 3.8) is 0 Å². The van der Waals surface area contributed by atoms with Crippen molar-refractivity contribution in [1.82, 2.24) is 10.3 Å². The molecule has 1 aliphatic rings. The fourth-order valence-electron chi connectivity index (χ4n) is 3.33. The van der Waals surface area contributed by atoms with Crippen LogP contribution in [0.15, 0.2) is 28.7 Å². The maximum atomic E-state index is 12.0. The number of aromatic hydroxyl groups is 1. The molecular formula is C21H23Cl2N3O3S2. The molecule has 2 aromatic rings. The Balaban J connectivity index is 1.68. The lowest BCUT2D eigenvalue weighted by atomic mass is 9.99. The van der Waals surface area contributed by atoms with Crippen molar-refractivity contribution in [3.8, 4) is 16.2 Å². The van der Waals surface area contributed by atoms with Gasteiger partial charge in [-0.25, -0.2) is 0 Å². The lowest BCUT2D eigenvalue weighted by Gasteiger charge is -2.32. The predicted molar refractivity (Wildman–Crippen MR) is 130 cm³/mol. The third-order valence-electron chi connectivity index (χ3n) is 4.98. The number of likely N-dealkylation sites (tertiary alicyclic amines) is 1. The Morgan fingerprint density at radius 1 is 1.42 bits per heavy atom. The van der Waals surface area contributed by atoms with Crippen LogP contribution < -0.4 is 5.43 Å². The minimum absolute atomic E-state index is 0.123. The molecule has 1 aromatic heterocycles. The molecule has 3 rings (SSSR count). The fraction of sp³-hybridized carbons (Fsp3) is 0.381. The van der Waals surface area contributed by atoms with Gasteiger partial charge >= 0.3 is 5.97 Å².